The fourth-order valence-electron chi connectivity index (χ4n) is 3.48. The molecule has 1 N–H and O–H groups in total. The Balaban J connectivity index is 2.22. The van der Waals surface area contributed by atoms with Gasteiger partial charge in [-0.05, 0) is 62.8 Å². The quantitative estimate of drug-likeness (QED) is 0.477. The zero-order valence-electron chi connectivity index (χ0n) is 20.8. The topological polar surface area (TPSA) is 49.4 Å². The highest BCUT2D eigenvalue weighted by Crippen LogP contribution is 2.27. The summed E-state index contributed by atoms with van der Waals surface area (Å²) >= 11 is 12.7. The Morgan fingerprint density at radius 1 is 0.939 bits per heavy atom. The Bertz CT molecular complexity index is 953. The zero-order valence-corrected chi connectivity index (χ0v) is 22.3. The van der Waals surface area contributed by atoms with E-state index >= 15 is 0 Å². The van der Waals surface area contributed by atoms with Crippen LogP contribution in [0.5, 0.6) is 0 Å². The van der Waals surface area contributed by atoms with E-state index in [1.807, 2.05) is 20.8 Å². The van der Waals surface area contributed by atoms with Crippen LogP contribution in [-0.4, -0.2) is 28.3 Å². The molecule has 0 aromatic heterocycles. The van der Waals surface area contributed by atoms with Crippen LogP contribution < -0.4 is 5.32 Å². The van der Waals surface area contributed by atoms with Gasteiger partial charge in [-0.3, -0.25) is 9.59 Å². The van der Waals surface area contributed by atoms with Crippen molar-refractivity contribution in [1.29, 1.82) is 0 Å². The van der Waals surface area contributed by atoms with Crippen LogP contribution in [-0.2, 0) is 28.0 Å². The monoisotopic (exact) mass is 490 g/mol. The molecule has 0 fully saturated rings. The molecule has 180 valence electrons. The molecule has 2 rings (SSSR count). The third kappa shape index (κ3) is 8.04. The van der Waals surface area contributed by atoms with E-state index in [-0.39, 0.29) is 30.2 Å². The first-order chi connectivity index (χ1) is 15.2. The van der Waals surface area contributed by atoms with E-state index < -0.39 is 11.6 Å². The maximum Gasteiger partial charge on any atom is 0.242 e. The van der Waals surface area contributed by atoms with Crippen molar-refractivity contribution in [2.75, 3.05) is 0 Å². The molecule has 2 aromatic rings. The highest BCUT2D eigenvalue weighted by molar-refractivity contribution is 6.36. The van der Waals surface area contributed by atoms with Gasteiger partial charge in [-0.25, -0.2) is 0 Å². The van der Waals surface area contributed by atoms with E-state index in [2.05, 4.69) is 50.4 Å². The number of carbonyl (C=O) groups excluding carboxylic acids is 2. The lowest BCUT2D eigenvalue weighted by molar-refractivity contribution is -0.141. The van der Waals surface area contributed by atoms with Crippen LogP contribution in [0.1, 0.15) is 71.6 Å². The highest BCUT2D eigenvalue weighted by Gasteiger charge is 2.29. The van der Waals surface area contributed by atoms with Gasteiger partial charge in [0.25, 0.3) is 0 Å². The van der Waals surface area contributed by atoms with Crippen molar-refractivity contribution in [2.24, 2.45) is 0 Å². The molecule has 0 radical (unpaired) electrons. The molecular weight excluding hydrogens is 455 g/mol. The fraction of sp³-hybridized carbons (Fsp3) is 0.481. The second kappa shape index (κ2) is 10.9. The van der Waals surface area contributed by atoms with Gasteiger partial charge >= 0.3 is 0 Å². The molecule has 0 aliphatic carbocycles. The van der Waals surface area contributed by atoms with Crippen LogP contribution in [0, 0.1) is 0 Å². The highest BCUT2D eigenvalue weighted by atomic mass is 35.5. The van der Waals surface area contributed by atoms with E-state index in [4.69, 9.17) is 23.2 Å². The smallest absolute Gasteiger partial charge is 0.242 e. The summed E-state index contributed by atoms with van der Waals surface area (Å²) in [5.41, 5.74) is 2.64. The SMILES string of the molecule is C[C@@H](C(=O)NC(C)(C)C)N(Cc1c(Cl)cccc1Cl)C(=O)CCc1ccc(C(C)(C)C)cc1. The number of carbonyl (C=O) groups is 2. The van der Waals surface area contributed by atoms with E-state index in [1.54, 1.807) is 30.0 Å². The summed E-state index contributed by atoms with van der Waals surface area (Å²) in [5.74, 6) is -0.337. The summed E-state index contributed by atoms with van der Waals surface area (Å²) in [7, 11) is 0. The molecule has 0 saturated heterocycles. The molecule has 33 heavy (non-hydrogen) atoms. The Kier molecular flexibility index (Phi) is 9.01. The van der Waals surface area contributed by atoms with Crippen LogP contribution in [0.4, 0.5) is 0 Å². The molecule has 4 nitrogen and oxygen atoms in total. The third-order valence-corrected chi connectivity index (χ3v) is 6.21. The lowest BCUT2D eigenvalue weighted by Crippen LogP contribution is -2.52. The summed E-state index contributed by atoms with van der Waals surface area (Å²) < 4.78 is 0. The minimum absolute atomic E-state index is 0.0786. The maximum atomic E-state index is 13.3. The van der Waals surface area contributed by atoms with Gasteiger partial charge in [0.05, 0.1) is 0 Å². The van der Waals surface area contributed by atoms with Gasteiger partial charge < -0.3 is 10.2 Å². The minimum Gasteiger partial charge on any atom is -0.350 e. The molecule has 0 heterocycles. The Labute approximate surface area is 208 Å². The molecule has 0 bridgehead atoms. The number of hydrogen-bond acceptors (Lipinski definition) is 2. The van der Waals surface area contributed by atoms with E-state index in [9.17, 15) is 9.59 Å². The van der Waals surface area contributed by atoms with E-state index in [0.717, 1.165) is 5.56 Å². The van der Waals surface area contributed by atoms with Crippen molar-refractivity contribution >= 4 is 35.0 Å². The predicted molar refractivity (Wildman–Crippen MR) is 138 cm³/mol. The number of hydrogen-bond donors (Lipinski definition) is 1. The summed E-state index contributed by atoms with van der Waals surface area (Å²) in [4.78, 5) is 27.8. The van der Waals surface area contributed by atoms with Crippen molar-refractivity contribution < 1.29 is 9.59 Å². The first-order valence-electron chi connectivity index (χ1n) is 11.3. The average molecular weight is 492 g/mol. The van der Waals surface area contributed by atoms with Gasteiger partial charge in [0, 0.05) is 34.1 Å². The molecule has 0 aliphatic heterocycles. The van der Waals surface area contributed by atoms with E-state index in [0.29, 0.717) is 22.0 Å². The van der Waals surface area contributed by atoms with Crippen molar-refractivity contribution in [3.8, 4) is 0 Å². The summed E-state index contributed by atoms with van der Waals surface area (Å²) in [6.45, 7) is 14.2. The zero-order chi connectivity index (χ0) is 25.0. The van der Waals surface area contributed by atoms with Crippen LogP contribution in [0.3, 0.4) is 0 Å². The first-order valence-corrected chi connectivity index (χ1v) is 12.1. The number of aryl methyl sites for hydroxylation is 1. The largest absolute Gasteiger partial charge is 0.350 e. The molecule has 0 aliphatic rings. The molecule has 6 heteroatoms. The molecule has 0 unspecified atom stereocenters. The molecule has 0 spiro atoms. The van der Waals surface area contributed by atoms with E-state index in [1.165, 1.54) is 5.56 Å². The number of amides is 2. The van der Waals surface area contributed by atoms with Gasteiger partial charge in [0.2, 0.25) is 11.8 Å². The van der Waals surface area contributed by atoms with Crippen LogP contribution in [0.2, 0.25) is 10.0 Å². The Hall–Kier alpha value is -2.04. The van der Waals surface area contributed by atoms with Gasteiger partial charge in [-0.2, -0.15) is 0 Å². The van der Waals surface area contributed by atoms with Gasteiger partial charge in [0.1, 0.15) is 6.04 Å². The molecule has 2 amide bonds. The second-order valence-corrected chi connectivity index (χ2v) is 11.4. The van der Waals surface area contributed by atoms with Gasteiger partial charge in [-0.15, -0.1) is 0 Å². The summed E-state index contributed by atoms with van der Waals surface area (Å²) in [6, 6.07) is 12.9. The van der Waals surface area contributed by atoms with Crippen molar-refractivity contribution in [2.45, 2.75) is 84.8 Å². The normalized spacial score (nSPS) is 12.9. The number of halogens is 2. The van der Waals surface area contributed by atoms with Crippen molar-refractivity contribution in [3.63, 3.8) is 0 Å². The standard InChI is InChI=1S/C27H36Cl2N2O2/c1-18(25(33)30-27(5,6)7)31(17-21-22(28)9-8-10-23(21)29)24(32)16-13-19-11-14-20(15-12-19)26(2,3)4/h8-12,14-15,18H,13,16-17H2,1-7H3,(H,30,33)/t18-/m0/s1. The predicted octanol–water partition coefficient (Wildman–Crippen LogP) is 6.56. The van der Waals surface area contributed by atoms with Gasteiger partial charge in [-0.1, -0.05) is 74.3 Å². The Morgan fingerprint density at radius 2 is 1.48 bits per heavy atom. The molecule has 1 atom stereocenters. The molecular formula is C27H36Cl2N2O2. The molecule has 2 aromatic carbocycles. The van der Waals surface area contributed by atoms with Crippen LogP contribution in [0.15, 0.2) is 42.5 Å². The van der Waals surface area contributed by atoms with Crippen LogP contribution in [0.25, 0.3) is 0 Å². The van der Waals surface area contributed by atoms with Crippen molar-refractivity contribution in [1.82, 2.24) is 10.2 Å². The van der Waals surface area contributed by atoms with Crippen LogP contribution >= 0.6 is 23.2 Å². The summed E-state index contributed by atoms with van der Waals surface area (Å²) in [5, 5.41) is 3.91. The third-order valence-electron chi connectivity index (χ3n) is 5.50. The number of nitrogens with one attached hydrogen (secondary N) is 1. The number of nitrogens with zero attached hydrogens (tertiary/aromatic N) is 1. The van der Waals surface area contributed by atoms with Gasteiger partial charge in [0.15, 0.2) is 0 Å². The number of benzene rings is 2. The lowest BCUT2D eigenvalue weighted by Gasteiger charge is -2.32. The Morgan fingerprint density at radius 3 is 1.97 bits per heavy atom. The first kappa shape index (κ1) is 27.2. The van der Waals surface area contributed by atoms with Crippen molar-refractivity contribution in [3.05, 3.63) is 69.2 Å². The summed E-state index contributed by atoms with van der Waals surface area (Å²) in [6.07, 6.45) is 0.869. The number of rotatable bonds is 7. The molecule has 0 saturated carbocycles. The average Bonchev–Trinajstić information content (AvgIpc) is 2.70. The second-order valence-electron chi connectivity index (χ2n) is 10.6. The fourth-order valence-corrected chi connectivity index (χ4v) is 3.99. The minimum atomic E-state index is -0.674. The lowest BCUT2D eigenvalue weighted by atomic mass is 9.86. The maximum absolute atomic E-state index is 13.3.